The summed E-state index contributed by atoms with van der Waals surface area (Å²) in [7, 11) is 0. The van der Waals surface area contributed by atoms with E-state index in [4.69, 9.17) is 4.74 Å². The van der Waals surface area contributed by atoms with Gasteiger partial charge in [-0.1, -0.05) is 6.07 Å². The molecule has 2 aliphatic heterocycles. The monoisotopic (exact) mass is 356 g/mol. The number of imide groups is 1. The molecule has 3 heterocycles. The molecular formula is C18H16N2O4S. The van der Waals surface area contributed by atoms with Gasteiger partial charge in [0.25, 0.3) is 17.7 Å². The van der Waals surface area contributed by atoms with Crippen molar-refractivity contribution in [2.24, 2.45) is 0 Å². The van der Waals surface area contributed by atoms with Crippen LogP contribution in [0.5, 0.6) is 0 Å². The van der Waals surface area contributed by atoms with E-state index in [-0.39, 0.29) is 30.4 Å². The van der Waals surface area contributed by atoms with Crippen molar-refractivity contribution in [3.8, 4) is 0 Å². The van der Waals surface area contributed by atoms with Crippen molar-refractivity contribution in [3.05, 3.63) is 51.7 Å². The summed E-state index contributed by atoms with van der Waals surface area (Å²) in [5.41, 5.74) is 1.20. The first-order valence-electron chi connectivity index (χ1n) is 8.10. The van der Waals surface area contributed by atoms with Crippen LogP contribution in [0.3, 0.4) is 0 Å². The van der Waals surface area contributed by atoms with Crippen LogP contribution in [0.4, 0.5) is 5.69 Å². The van der Waals surface area contributed by atoms with Crippen LogP contribution < -0.4 is 5.32 Å². The molecule has 1 aromatic heterocycles. The van der Waals surface area contributed by atoms with Crippen LogP contribution in [0.25, 0.3) is 0 Å². The average Bonchev–Trinajstić information content (AvgIpc) is 3.34. The first-order chi connectivity index (χ1) is 12.1. The van der Waals surface area contributed by atoms with Gasteiger partial charge in [-0.2, -0.15) is 0 Å². The Kier molecular flexibility index (Phi) is 4.10. The van der Waals surface area contributed by atoms with E-state index in [1.807, 2.05) is 5.38 Å². The highest BCUT2D eigenvalue weighted by Gasteiger charge is 2.37. The number of hydrogen-bond acceptors (Lipinski definition) is 5. The van der Waals surface area contributed by atoms with Gasteiger partial charge in [-0.05, 0) is 42.5 Å². The molecule has 1 saturated heterocycles. The first kappa shape index (κ1) is 16.0. The van der Waals surface area contributed by atoms with Crippen LogP contribution in [0, 0.1) is 0 Å². The second kappa shape index (κ2) is 6.42. The smallest absolute Gasteiger partial charge is 0.265 e. The molecule has 6 nitrogen and oxygen atoms in total. The Morgan fingerprint density at radius 3 is 2.80 bits per heavy atom. The molecular weight excluding hydrogens is 340 g/mol. The van der Waals surface area contributed by atoms with Crippen molar-refractivity contribution in [1.29, 1.82) is 0 Å². The quantitative estimate of drug-likeness (QED) is 0.855. The fourth-order valence-electron chi connectivity index (χ4n) is 3.13. The van der Waals surface area contributed by atoms with Gasteiger partial charge in [0.05, 0.1) is 28.7 Å². The van der Waals surface area contributed by atoms with Crippen LogP contribution in [0.2, 0.25) is 0 Å². The summed E-state index contributed by atoms with van der Waals surface area (Å²) in [5.74, 6) is -0.864. The summed E-state index contributed by atoms with van der Waals surface area (Å²) in [5, 5.41) is 4.58. The summed E-state index contributed by atoms with van der Waals surface area (Å²) in [4.78, 5) is 39.0. The van der Waals surface area contributed by atoms with Gasteiger partial charge < -0.3 is 10.1 Å². The van der Waals surface area contributed by atoms with Gasteiger partial charge in [-0.15, -0.1) is 11.3 Å². The van der Waals surface area contributed by atoms with E-state index in [0.29, 0.717) is 28.3 Å². The zero-order chi connectivity index (χ0) is 17.4. The molecule has 0 aliphatic carbocycles. The molecule has 25 heavy (non-hydrogen) atoms. The van der Waals surface area contributed by atoms with E-state index in [1.54, 1.807) is 30.3 Å². The van der Waals surface area contributed by atoms with Gasteiger partial charge in [-0.25, -0.2) is 0 Å². The molecule has 0 unspecified atom stereocenters. The largest absolute Gasteiger partial charge is 0.376 e. The SMILES string of the molecule is O=C(Nc1ccc2c(c1)C(=O)N(C[C@H]1CCCO1)C2=O)c1cccs1. The normalized spacial score (nSPS) is 19.4. The molecule has 1 atom stereocenters. The number of fused-ring (bicyclic) bond motifs is 1. The molecule has 1 N–H and O–H groups in total. The molecule has 3 amide bonds. The van der Waals surface area contributed by atoms with E-state index in [1.165, 1.54) is 16.2 Å². The van der Waals surface area contributed by atoms with Crippen LogP contribution in [-0.4, -0.2) is 41.9 Å². The number of carbonyl (C=O) groups is 3. The van der Waals surface area contributed by atoms with Gasteiger partial charge >= 0.3 is 0 Å². The summed E-state index contributed by atoms with van der Waals surface area (Å²) < 4.78 is 5.53. The molecule has 128 valence electrons. The number of nitrogens with zero attached hydrogens (tertiary/aromatic N) is 1. The lowest BCUT2D eigenvalue weighted by Gasteiger charge is -2.17. The minimum atomic E-state index is -0.331. The minimum Gasteiger partial charge on any atom is -0.376 e. The van der Waals surface area contributed by atoms with Crippen molar-refractivity contribution in [1.82, 2.24) is 4.90 Å². The number of hydrogen-bond donors (Lipinski definition) is 1. The van der Waals surface area contributed by atoms with Crippen molar-refractivity contribution in [2.45, 2.75) is 18.9 Å². The molecule has 0 spiro atoms. The average molecular weight is 356 g/mol. The first-order valence-corrected chi connectivity index (χ1v) is 8.98. The molecule has 2 aliphatic rings. The number of carbonyl (C=O) groups excluding carboxylic acids is 3. The predicted molar refractivity (Wildman–Crippen MR) is 93.1 cm³/mol. The van der Waals surface area contributed by atoms with Crippen molar-refractivity contribution in [3.63, 3.8) is 0 Å². The Hall–Kier alpha value is -2.51. The molecule has 2 aromatic rings. The molecule has 1 fully saturated rings. The maximum Gasteiger partial charge on any atom is 0.265 e. The fourth-order valence-corrected chi connectivity index (χ4v) is 3.75. The molecule has 4 rings (SSSR count). The van der Waals surface area contributed by atoms with E-state index < -0.39 is 0 Å². The number of benzene rings is 1. The Bertz CT molecular complexity index is 841. The van der Waals surface area contributed by atoms with Gasteiger partial charge in [0.2, 0.25) is 0 Å². The highest BCUT2D eigenvalue weighted by molar-refractivity contribution is 7.12. The Balaban J connectivity index is 1.53. The van der Waals surface area contributed by atoms with Gasteiger partial charge in [0.15, 0.2) is 0 Å². The van der Waals surface area contributed by atoms with Gasteiger partial charge in [0.1, 0.15) is 0 Å². The Labute approximate surface area is 148 Å². The molecule has 7 heteroatoms. The summed E-state index contributed by atoms with van der Waals surface area (Å²) in [6.07, 6.45) is 1.72. The van der Waals surface area contributed by atoms with Crippen molar-refractivity contribution >= 4 is 34.7 Å². The van der Waals surface area contributed by atoms with Gasteiger partial charge in [-0.3, -0.25) is 19.3 Å². The number of anilines is 1. The third kappa shape index (κ3) is 2.96. The lowest BCUT2D eigenvalue weighted by atomic mass is 10.1. The number of amides is 3. The third-order valence-electron chi connectivity index (χ3n) is 4.38. The second-order valence-electron chi connectivity index (χ2n) is 6.05. The van der Waals surface area contributed by atoms with Crippen LogP contribution in [0.1, 0.15) is 43.2 Å². The third-order valence-corrected chi connectivity index (χ3v) is 5.25. The molecule has 0 saturated carbocycles. The number of nitrogens with one attached hydrogen (secondary N) is 1. The molecule has 0 radical (unpaired) electrons. The zero-order valence-corrected chi connectivity index (χ0v) is 14.2. The van der Waals surface area contributed by atoms with Crippen LogP contribution >= 0.6 is 11.3 Å². The second-order valence-corrected chi connectivity index (χ2v) is 7.00. The highest BCUT2D eigenvalue weighted by Crippen LogP contribution is 2.27. The summed E-state index contributed by atoms with van der Waals surface area (Å²) >= 11 is 1.34. The maximum atomic E-state index is 12.6. The van der Waals surface area contributed by atoms with Crippen molar-refractivity contribution < 1.29 is 19.1 Å². The topological polar surface area (TPSA) is 75.7 Å². The number of thiophene rings is 1. The summed E-state index contributed by atoms with van der Waals surface area (Å²) in [6.45, 7) is 0.954. The van der Waals surface area contributed by atoms with Crippen molar-refractivity contribution in [2.75, 3.05) is 18.5 Å². The standard InChI is InChI=1S/C18H16N2O4S/c21-16(15-4-2-8-25-15)19-11-5-6-13-14(9-11)18(23)20(17(13)22)10-12-3-1-7-24-12/h2,4-6,8-9,12H,1,3,7,10H2,(H,19,21)/t12-/m1/s1. The lowest BCUT2D eigenvalue weighted by molar-refractivity contribution is 0.0475. The minimum absolute atomic E-state index is 0.0831. The van der Waals surface area contributed by atoms with E-state index in [0.717, 1.165) is 12.8 Å². The number of rotatable bonds is 4. The molecule has 1 aromatic carbocycles. The van der Waals surface area contributed by atoms with E-state index >= 15 is 0 Å². The summed E-state index contributed by atoms with van der Waals surface area (Å²) in [6, 6.07) is 8.33. The van der Waals surface area contributed by atoms with Gasteiger partial charge in [0, 0.05) is 12.3 Å². The maximum absolute atomic E-state index is 12.6. The molecule has 0 bridgehead atoms. The lowest BCUT2D eigenvalue weighted by Crippen LogP contribution is -2.36. The van der Waals surface area contributed by atoms with E-state index in [2.05, 4.69) is 5.32 Å². The van der Waals surface area contributed by atoms with Crippen LogP contribution in [0.15, 0.2) is 35.7 Å². The van der Waals surface area contributed by atoms with E-state index in [9.17, 15) is 14.4 Å². The Morgan fingerprint density at radius 1 is 1.24 bits per heavy atom. The zero-order valence-electron chi connectivity index (χ0n) is 13.4. The predicted octanol–water partition coefficient (Wildman–Crippen LogP) is 2.78. The Morgan fingerprint density at radius 2 is 2.08 bits per heavy atom. The number of ether oxygens (including phenoxy) is 1. The van der Waals surface area contributed by atoms with Crippen LogP contribution in [-0.2, 0) is 4.74 Å². The fraction of sp³-hybridized carbons (Fsp3) is 0.278. The highest BCUT2D eigenvalue weighted by atomic mass is 32.1.